The molecule has 1 amide bonds. The molecule has 0 aromatic heterocycles. The van der Waals surface area contributed by atoms with Crippen molar-refractivity contribution in [2.45, 2.75) is 0 Å². The Bertz CT molecular complexity index is 694. The first-order valence-electron chi connectivity index (χ1n) is 5.33. The number of hydrogen-bond acceptors (Lipinski definition) is 2. The number of rotatable bonds is 2. The molecule has 0 fully saturated rings. The molecule has 3 nitrogen and oxygen atoms in total. The molecule has 0 radical (unpaired) electrons. The maximum absolute atomic E-state index is 12.2. The number of halogens is 4. The molecule has 2 aromatic carbocycles. The molecular weight excluding hydrogens is 480 g/mol. The molecule has 0 saturated heterocycles. The number of carbonyl (C=O) groups is 1. The number of phenols is 1. The van der Waals surface area contributed by atoms with E-state index in [9.17, 15) is 9.90 Å². The molecule has 2 aromatic rings. The Morgan fingerprint density at radius 1 is 1.25 bits per heavy atom. The van der Waals surface area contributed by atoms with Gasteiger partial charge in [0.1, 0.15) is 0 Å². The Labute approximate surface area is 147 Å². The van der Waals surface area contributed by atoms with Crippen molar-refractivity contribution in [1.29, 1.82) is 0 Å². The molecule has 104 valence electrons. The van der Waals surface area contributed by atoms with Crippen molar-refractivity contribution in [1.82, 2.24) is 0 Å². The lowest BCUT2D eigenvalue weighted by Gasteiger charge is -2.10. The van der Waals surface area contributed by atoms with E-state index < -0.39 is 0 Å². The predicted molar refractivity (Wildman–Crippen MR) is 92.9 cm³/mol. The fourth-order valence-corrected chi connectivity index (χ4v) is 2.96. The second-order valence-corrected chi connectivity index (χ2v) is 6.78. The van der Waals surface area contributed by atoms with E-state index in [0.29, 0.717) is 10.6 Å². The van der Waals surface area contributed by atoms with Crippen molar-refractivity contribution < 1.29 is 9.90 Å². The lowest BCUT2D eigenvalue weighted by Crippen LogP contribution is -2.13. The zero-order valence-electron chi connectivity index (χ0n) is 9.75. The summed E-state index contributed by atoms with van der Waals surface area (Å²) in [5.74, 6) is -0.571. The van der Waals surface area contributed by atoms with Crippen LogP contribution in [-0.4, -0.2) is 11.0 Å². The summed E-state index contributed by atoms with van der Waals surface area (Å²) in [7, 11) is 0. The third kappa shape index (κ3) is 3.58. The van der Waals surface area contributed by atoms with Crippen LogP contribution in [0.5, 0.6) is 5.75 Å². The molecule has 0 saturated carbocycles. The number of carbonyl (C=O) groups excluding carboxylic acids is 1. The van der Waals surface area contributed by atoms with Gasteiger partial charge in [0.2, 0.25) is 0 Å². The predicted octanol–water partition coefficient (Wildman–Crippen LogP) is 5.32. The van der Waals surface area contributed by atoms with Crippen molar-refractivity contribution >= 4 is 73.3 Å². The Balaban J connectivity index is 2.35. The number of benzene rings is 2. The highest BCUT2D eigenvalue weighted by Crippen LogP contribution is 2.35. The van der Waals surface area contributed by atoms with Gasteiger partial charge in [0.15, 0.2) is 5.75 Å². The van der Waals surface area contributed by atoms with Gasteiger partial charge in [-0.15, -0.1) is 0 Å². The summed E-state index contributed by atoms with van der Waals surface area (Å²) in [6.07, 6.45) is 0. The van der Waals surface area contributed by atoms with E-state index in [1.807, 2.05) is 12.1 Å². The van der Waals surface area contributed by atoms with Gasteiger partial charge < -0.3 is 10.4 Å². The summed E-state index contributed by atoms with van der Waals surface area (Å²) in [5.41, 5.74) is 0.652. The molecule has 0 atom stereocenters. The minimum absolute atomic E-state index is 0.0803. The minimum atomic E-state index is -0.357. The summed E-state index contributed by atoms with van der Waals surface area (Å²) < 4.78 is 1.58. The number of anilines is 1. The normalized spacial score (nSPS) is 10.4. The van der Waals surface area contributed by atoms with Gasteiger partial charge in [-0.25, -0.2) is 0 Å². The highest BCUT2D eigenvalue weighted by molar-refractivity contribution is 14.1. The Morgan fingerprint density at radius 3 is 2.65 bits per heavy atom. The summed E-state index contributed by atoms with van der Waals surface area (Å²) >= 11 is 17.0. The van der Waals surface area contributed by atoms with Gasteiger partial charge in [-0.1, -0.05) is 39.1 Å². The van der Waals surface area contributed by atoms with Crippen LogP contribution in [0.25, 0.3) is 0 Å². The number of nitrogens with one attached hydrogen (secondary N) is 1. The monoisotopic (exact) mass is 485 g/mol. The molecule has 2 N–H and O–H groups in total. The van der Waals surface area contributed by atoms with E-state index >= 15 is 0 Å². The van der Waals surface area contributed by atoms with Crippen molar-refractivity contribution in [3.63, 3.8) is 0 Å². The molecule has 0 bridgehead atoms. The van der Waals surface area contributed by atoms with Gasteiger partial charge >= 0.3 is 0 Å². The first-order valence-corrected chi connectivity index (χ1v) is 7.95. The van der Waals surface area contributed by atoms with E-state index in [0.717, 1.165) is 8.04 Å². The van der Waals surface area contributed by atoms with Crippen molar-refractivity contribution in [2.24, 2.45) is 0 Å². The Hall–Kier alpha value is -0.500. The molecule has 0 aliphatic rings. The standard InChI is InChI=1S/C13H7BrCl2INO2/c14-6-1-2-10(17)8(3-6)13(20)18-11-5-7(15)4-9(16)12(11)19/h1-5,19H,(H,18,20). The van der Waals surface area contributed by atoms with Gasteiger partial charge in [0, 0.05) is 13.1 Å². The van der Waals surface area contributed by atoms with E-state index in [-0.39, 0.29) is 22.4 Å². The van der Waals surface area contributed by atoms with Crippen molar-refractivity contribution in [3.05, 3.63) is 54.0 Å². The summed E-state index contributed by atoms with van der Waals surface area (Å²) in [4.78, 5) is 12.2. The highest BCUT2D eigenvalue weighted by atomic mass is 127. The molecule has 0 unspecified atom stereocenters. The van der Waals surface area contributed by atoms with E-state index in [4.69, 9.17) is 23.2 Å². The summed E-state index contributed by atoms with van der Waals surface area (Å²) in [5, 5.41) is 12.8. The quantitative estimate of drug-likeness (QED) is 0.446. The maximum Gasteiger partial charge on any atom is 0.256 e. The molecule has 2 rings (SSSR count). The topological polar surface area (TPSA) is 49.3 Å². The third-order valence-electron chi connectivity index (χ3n) is 2.45. The first-order chi connectivity index (χ1) is 9.38. The average molecular weight is 487 g/mol. The van der Waals surface area contributed by atoms with Crippen LogP contribution in [-0.2, 0) is 0 Å². The molecule has 0 aliphatic heterocycles. The number of phenolic OH excluding ortho intramolecular Hbond substituents is 1. The van der Waals surface area contributed by atoms with Crippen molar-refractivity contribution in [2.75, 3.05) is 5.32 Å². The number of aromatic hydroxyl groups is 1. The van der Waals surface area contributed by atoms with Gasteiger partial charge in [0.05, 0.1) is 16.3 Å². The maximum atomic E-state index is 12.2. The fraction of sp³-hybridized carbons (Fsp3) is 0. The lowest BCUT2D eigenvalue weighted by atomic mass is 10.2. The molecule has 20 heavy (non-hydrogen) atoms. The van der Waals surface area contributed by atoms with Crippen LogP contribution in [0.3, 0.4) is 0 Å². The SMILES string of the molecule is O=C(Nc1cc(Cl)cc(Cl)c1O)c1cc(Br)ccc1I. The second-order valence-electron chi connectivity index (χ2n) is 3.86. The minimum Gasteiger partial charge on any atom is -0.504 e. The van der Waals surface area contributed by atoms with Gasteiger partial charge in [0.25, 0.3) is 5.91 Å². The van der Waals surface area contributed by atoms with E-state index in [1.54, 1.807) is 6.07 Å². The van der Waals surface area contributed by atoms with Crippen LogP contribution in [0, 0.1) is 3.57 Å². The largest absolute Gasteiger partial charge is 0.504 e. The Morgan fingerprint density at radius 2 is 1.95 bits per heavy atom. The smallest absolute Gasteiger partial charge is 0.256 e. The average Bonchev–Trinajstić information content (AvgIpc) is 2.38. The van der Waals surface area contributed by atoms with Crippen LogP contribution >= 0.6 is 61.7 Å². The third-order valence-corrected chi connectivity index (χ3v) is 4.39. The van der Waals surface area contributed by atoms with Gasteiger partial charge in [-0.3, -0.25) is 4.79 Å². The lowest BCUT2D eigenvalue weighted by molar-refractivity contribution is 0.102. The van der Waals surface area contributed by atoms with Crippen LogP contribution < -0.4 is 5.32 Å². The van der Waals surface area contributed by atoms with Gasteiger partial charge in [-0.05, 0) is 52.9 Å². The second kappa shape index (κ2) is 6.51. The first kappa shape index (κ1) is 15.9. The number of amides is 1. The van der Waals surface area contributed by atoms with Crippen LogP contribution in [0.2, 0.25) is 10.0 Å². The van der Waals surface area contributed by atoms with Gasteiger partial charge in [-0.2, -0.15) is 0 Å². The summed E-state index contributed by atoms with van der Waals surface area (Å²) in [6, 6.07) is 8.18. The van der Waals surface area contributed by atoms with Crippen molar-refractivity contribution in [3.8, 4) is 5.75 Å². The molecule has 0 aliphatic carbocycles. The highest BCUT2D eigenvalue weighted by Gasteiger charge is 2.15. The van der Waals surface area contributed by atoms with Crippen LogP contribution in [0.15, 0.2) is 34.8 Å². The molecule has 0 heterocycles. The number of hydrogen-bond donors (Lipinski definition) is 2. The summed E-state index contributed by atoms with van der Waals surface area (Å²) in [6.45, 7) is 0. The van der Waals surface area contributed by atoms with Crippen LogP contribution in [0.1, 0.15) is 10.4 Å². The zero-order valence-corrected chi connectivity index (χ0v) is 15.0. The zero-order chi connectivity index (χ0) is 14.9. The van der Waals surface area contributed by atoms with Crippen LogP contribution in [0.4, 0.5) is 5.69 Å². The Kier molecular flexibility index (Phi) is 5.17. The van der Waals surface area contributed by atoms with E-state index in [2.05, 4.69) is 43.8 Å². The molecule has 7 heteroatoms. The van der Waals surface area contributed by atoms with E-state index in [1.165, 1.54) is 12.1 Å². The fourth-order valence-electron chi connectivity index (χ4n) is 1.52. The molecule has 0 spiro atoms. The molecular formula is C13H7BrCl2INO2.